The lowest BCUT2D eigenvalue weighted by Gasteiger charge is -2.29. The van der Waals surface area contributed by atoms with E-state index < -0.39 is 11.8 Å². The third kappa shape index (κ3) is 4.29. The van der Waals surface area contributed by atoms with Gasteiger partial charge in [-0.15, -0.1) is 11.6 Å². The van der Waals surface area contributed by atoms with Crippen LogP contribution in [0.25, 0.3) is 6.08 Å². The van der Waals surface area contributed by atoms with Gasteiger partial charge in [0.1, 0.15) is 11.3 Å². The second-order valence-electron chi connectivity index (χ2n) is 7.32. The molecule has 0 unspecified atom stereocenters. The number of thiocarbonyl (C=S) groups is 1. The highest BCUT2D eigenvalue weighted by atomic mass is 35.5. The van der Waals surface area contributed by atoms with Gasteiger partial charge in [0, 0.05) is 24.7 Å². The molecule has 0 aromatic heterocycles. The first-order chi connectivity index (χ1) is 15.0. The van der Waals surface area contributed by atoms with E-state index in [9.17, 15) is 9.59 Å². The largest absolute Gasteiger partial charge is 0.497 e. The predicted octanol–water partition coefficient (Wildman–Crippen LogP) is 3.52. The molecule has 8 heteroatoms. The summed E-state index contributed by atoms with van der Waals surface area (Å²) in [5.41, 5.74) is 3.80. The number of rotatable bonds is 6. The number of carbonyl (C=O) groups is 2. The summed E-state index contributed by atoms with van der Waals surface area (Å²) in [5.74, 6) is 0.351. The van der Waals surface area contributed by atoms with E-state index in [2.05, 4.69) is 10.2 Å². The molecule has 2 aromatic carbocycles. The number of fused-ring (bicyclic) bond motifs is 1. The molecule has 2 aliphatic rings. The summed E-state index contributed by atoms with van der Waals surface area (Å²) < 4.78 is 5.17. The first-order valence-electron chi connectivity index (χ1n) is 10.0. The third-order valence-corrected chi connectivity index (χ3v) is 5.95. The smallest absolute Gasteiger partial charge is 0.270 e. The molecule has 1 fully saturated rings. The summed E-state index contributed by atoms with van der Waals surface area (Å²) in [7, 11) is 1.57. The Hall–Kier alpha value is -2.90. The molecule has 0 atom stereocenters. The van der Waals surface area contributed by atoms with E-state index in [4.69, 9.17) is 28.6 Å². The van der Waals surface area contributed by atoms with Gasteiger partial charge in [0.25, 0.3) is 11.8 Å². The number of anilines is 2. The Morgan fingerprint density at radius 3 is 2.68 bits per heavy atom. The molecule has 2 aromatic rings. The van der Waals surface area contributed by atoms with Crippen molar-refractivity contribution in [1.82, 2.24) is 5.32 Å². The van der Waals surface area contributed by atoms with Crippen LogP contribution in [-0.2, 0) is 16.0 Å². The number of amides is 2. The number of halogens is 1. The van der Waals surface area contributed by atoms with Crippen molar-refractivity contribution in [3.63, 3.8) is 0 Å². The number of carbonyl (C=O) groups excluding carboxylic acids is 2. The molecule has 160 valence electrons. The highest BCUT2D eigenvalue weighted by molar-refractivity contribution is 7.80. The molecule has 0 saturated carbocycles. The lowest BCUT2D eigenvalue weighted by atomic mass is 10.0. The van der Waals surface area contributed by atoms with Crippen molar-refractivity contribution >= 4 is 58.2 Å². The average molecular weight is 456 g/mol. The van der Waals surface area contributed by atoms with Crippen LogP contribution in [0.3, 0.4) is 0 Å². The molecule has 31 heavy (non-hydrogen) atoms. The molecule has 2 amide bonds. The van der Waals surface area contributed by atoms with Gasteiger partial charge in [0.2, 0.25) is 0 Å². The van der Waals surface area contributed by atoms with Gasteiger partial charge < -0.3 is 9.64 Å². The minimum absolute atomic E-state index is 0.0429. The van der Waals surface area contributed by atoms with E-state index >= 15 is 0 Å². The molecule has 0 aliphatic carbocycles. The summed E-state index contributed by atoms with van der Waals surface area (Å²) in [6, 6.07) is 12.9. The number of hydrogen-bond donors (Lipinski definition) is 1. The zero-order valence-corrected chi connectivity index (χ0v) is 18.6. The minimum Gasteiger partial charge on any atom is -0.497 e. The fourth-order valence-corrected chi connectivity index (χ4v) is 4.25. The lowest BCUT2D eigenvalue weighted by Crippen LogP contribution is -2.54. The van der Waals surface area contributed by atoms with Crippen molar-refractivity contribution in [1.29, 1.82) is 0 Å². The molecule has 1 saturated heterocycles. The number of hydrogen-bond acceptors (Lipinski definition) is 5. The summed E-state index contributed by atoms with van der Waals surface area (Å²) >= 11 is 11.1. The molecule has 1 N–H and O–H groups in total. The van der Waals surface area contributed by atoms with Gasteiger partial charge in [0.05, 0.1) is 12.8 Å². The highest BCUT2D eigenvalue weighted by Crippen LogP contribution is 2.30. The fourth-order valence-electron chi connectivity index (χ4n) is 3.85. The SMILES string of the molecule is COc1ccc(N2C(=O)C(=Cc3ccc4c(c3)CCN4CCCCl)C(=O)NC2=S)cc1. The Kier molecular flexibility index (Phi) is 6.25. The zero-order valence-electron chi connectivity index (χ0n) is 17.1. The van der Waals surface area contributed by atoms with Gasteiger partial charge in [-0.1, -0.05) is 6.07 Å². The van der Waals surface area contributed by atoms with Crippen LogP contribution in [0.4, 0.5) is 11.4 Å². The summed E-state index contributed by atoms with van der Waals surface area (Å²) in [5, 5.41) is 2.67. The summed E-state index contributed by atoms with van der Waals surface area (Å²) in [6.45, 7) is 1.87. The fraction of sp³-hybridized carbons (Fsp3) is 0.261. The topological polar surface area (TPSA) is 61.9 Å². The third-order valence-electron chi connectivity index (χ3n) is 5.40. The molecular weight excluding hydrogens is 434 g/mol. The lowest BCUT2D eigenvalue weighted by molar-refractivity contribution is -0.122. The summed E-state index contributed by atoms with van der Waals surface area (Å²) in [4.78, 5) is 29.4. The zero-order chi connectivity index (χ0) is 22.0. The van der Waals surface area contributed by atoms with Gasteiger partial charge in [-0.25, -0.2) is 0 Å². The predicted molar refractivity (Wildman–Crippen MR) is 127 cm³/mol. The molecular formula is C23H22ClN3O3S. The monoisotopic (exact) mass is 455 g/mol. The minimum atomic E-state index is -0.496. The van der Waals surface area contributed by atoms with Gasteiger partial charge in [-0.3, -0.25) is 19.8 Å². The average Bonchev–Trinajstić information content (AvgIpc) is 3.17. The molecule has 2 aliphatic heterocycles. The quantitative estimate of drug-likeness (QED) is 0.312. The maximum absolute atomic E-state index is 13.2. The molecule has 0 radical (unpaired) electrons. The Morgan fingerprint density at radius 2 is 1.97 bits per heavy atom. The second kappa shape index (κ2) is 9.08. The second-order valence-corrected chi connectivity index (χ2v) is 8.09. The van der Waals surface area contributed by atoms with E-state index in [1.807, 2.05) is 18.2 Å². The molecule has 0 bridgehead atoms. The van der Waals surface area contributed by atoms with Gasteiger partial charge in [-0.05, 0) is 78.7 Å². The van der Waals surface area contributed by atoms with E-state index in [1.54, 1.807) is 37.5 Å². The Morgan fingerprint density at radius 1 is 1.19 bits per heavy atom. The van der Waals surface area contributed by atoms with Crippen LogP contribution in [0.2, 0.25) is 0 Å². The number of benzene rings is 2. The highest BCUT2D eigenvalue weighted by Gasteiger charge is 2.34. The first-order valence-corrected chi connectivity index (χ1v) is 11.0. The van der Waals surface area contributed by atoms with Crippen LogP contribution in [0.1, 0.15) is 17.5 Å². The standard InChI is InChI=1S/C23H22ClN3O3S/c1-30-18-6-4-17(5-7-18)27-22(29)19(21(28)25-23(27)31)14-15-3-8-20-16(13-15)9-12-26(20)11-2-10-24/h3-8,13-14H,2,9-12H2,1H3,(H,25,28,31). The molecule has 0 spiro atoms. The number of nitrogens with one attached hydrogen (secondary N) is 1. The van der Waals surface area contributed by atoms with Gasteiger partial charge in [0.15, 0.2) is 5.11 Å². The number of methoxy groups -OCH3 is 1. The summed E-state index contributed by atoms with van der Waals surface area (Å²) in [6.07, 6.45) is 3.48. The molecule has 2 heterocycles. The normalized spacial score (nSPS) is 17.2. The van der Waals surface area contributed by atoms with Crippen LogP contribution in [0.15, 0.2) is 48.0 Å². The van der Waals surface area contributed by atoms with Crippen molar-refractivity contribution in [3.05, 3.63) is 59.2 Å². The van der Waals surface area contributed by atoms with Crippen LogP contribution in [0.5, 0.6) is 5.75 Å². The van der Waals surface area contributed by atoms with Crippen LogP contribution < -0.4 is 19.9 Å². The number of alkyl halides is 1. The Bertz CT molecular complexity index is 1070. The first kappa shape index (κ1) is 21.3. The number of ether oxygens (including phenoxy) is 1. The maximum atomic E-state index is 13.2. The Balaban J connectivity index is 1.61. The molecule has 4 rings (SSSR count). The van der Waals surface area contributed by atoms with E-state index in [0.29, 0.717) is 17.3 Å². The van der Waals surface area contributed by atoms with Gasteiger partial charge in [-0.2, -0.15) is 0 Å². The van der Waals surface area contributed by atoms with Crippen molar-refractivity contribution in [2.75, 3.05) is 35.9 Å². The van der Waals surface area contributed by atoms with Crippen molar-refractivity contribution in [2.45, 2.75) is 12.8 Å². The van der Waals surface area contributed by atoms with Crippen LogP contribution in [-0.4, -0.2) is 43.0 Å². The van der Waals surface area contributed by atoms with Crippen molar-refractivity contribution in [2.24, 2.45) is 0 Å². The van der Waals surface area contributed by atoms with Crippen molar-refractivity contribution < 1.29 is 14.3 Å². The van der Waals surface area contributed by atoms with E-state index in [-0.39, 0.29) is 10.7 Å². The number of nitrogens with zero attached hydrogens (tertiary/aromatic N) is 2. The van der Waals surface area contributed by atoms with Crippen LogP contribution >= 0.6 is 23.8 Å². The molecule has 6 nitrogen and oxygen atoms in total. The van der Waals surface area contributed by atoms with Crippen molar-refractivity contribution in [3.8, 4) is 5.75 Å². The Labute approximate surface area is 191 Å². The van der Waals surface area contributed by atoms with E-state index in [0.717, 1.165) is 31.5 Å². The van der Waals surface area contributed by atoms with Crippen LogP contribution in [0, 0.1) is 0 Å². The van der Waals surface area contributed by atoms with E-state index in [1.165, 1.54) is 16.2 Å². The maximum Gasteiger partial charge on any atom is 0.270 e. The van der Waals surface area contributed by atoms with Gasteiger partial charge >= 0.3 is 0 Å².